The third-order valence-corrected chi connectivity index (χ3v) is 6.71. The lowest BCUT2D eigenvalue weighted by Gasteiger charge is -2.32. The first kappa shape index (κ1) is 28.5. The predicted octanol–water partition coefficient (Wildman–Crippen LogP) is 3.69. The van der Waals surface area contributed by atoms with Gasteiger partial charge < -0.3 is 35.7 Å². The van der Waals surface area contributed by atoms with Gasteiger partial charge in [0.05, 0.1) is 24.2 Å². The highest BCUT2D eigenvalue weighted by molar-refractivity contribution is 6.00. The second-order valence-corrected chi connectivity index (χ2v) is 9.35. The molecule has 4 N–H and O–H groups in total. The first-order chi connectivity index (χ1) is 19.4. The maximum atomic E-state index is 12.2. The van der Waals surface area contributed by atoms with E-state index in [4.69, 9.17) is 14.9 Å². The number of hydrogen-bond acceptors (Lipinski definition) is 10. The number of methoxy groups -OCH3 is 1. The minimum absolute atomic E-state index is 0.351. The summed E-state index contributed by atoms with van der Waals surface area (Å²) in [5.41, 5.74) is 4.21. The number of carbonyl (C=O) groups excluding carboxylic acids is 1. The molecule has 11 heteroatoms. The zero-order valence-corrected chi connectivity index (χ0v) is 23.2. The Morgan fingerprint density at radius 3 is 2.58 bits per heavy atom. The van der Waals surface area contributed by atoms with E-state index in [0.717, 1.165) is 49.5 Å². The van der Waals surface area contributed by atoms with Crippen LogP contribution in [0.1, 0.15) is 5.56 Å². The Labute approximate surface area is 234 Å². The molecule has 0 aliphatic carbocycles. The molecule has 210 valence electrons. The van der Waals surface area contributed by atoms with Crippen LogP contribution in [0.3, 0.4) is 0 Å². The van der Waals surface area contributed by atoms with Crippen LogP contribution in [0.2, 0.25) is 0 Å². The van der Waals surface area contributed by atoms with Gasteiger partial charge in [-0.2, -0.15) is 0 Å². The molecule has 1 saturated heterocycles. The Morgan fingerprint density at radius 1 is 1.07 bits per heavy atom. The number of likely N-dealkylation sites (N-methyl/N-ethyl adjacent to an activating group) is 1. The summed E-state index contributed by atoms with van der Waals surface area (Å²) in [4.78, 5) is 25.7. The largest absolute Gasteiger partial charge is 0.494 e. The van der Waals surface area contributed by atoms with Gasteiger partial charge in [0.2, 0.25) is 5.91 Å². The fourth-order valence-corrected chi connectivity index (χ4v) is 4.38. The average Bonchev–Trinajstić information content (AvgIpc) is 2.98. The maximum absolute atomic E-state index is 12.2. The van der Waals surface area contributed by atoms with Crippen molar-refractivity contribution in [2.75, 3.05) is 76.5 Å². The molecule has 0 atom stereocenters. The fourth-order valence-electron chi connectivity index (χ4n) is 4.38. The summed E-state index contributed by atoms with van der Waals surface area (Å²) in [5, 5.41) is 16.9. The van der Waals surface area contributed by atoms with Crippen molar-refractivity contribution in [3.8, 4) is 22.8 Å². The van der Waals surface area contributed by atoms with E-state index in [2.05, 4.69) is 49.3 Å². The summed E-state index contributed by atoms with van der Waals surface area (Å²) >= 11 is 0. The van der Waals surface area contributed by atoms with Crippen LogP contribution >= 0.6 is 0 Å². The van der Waals surface area contributed by atoms with Gasteiger partial charge in [-0.3, -0.25) is 9.69 Å². The number of anilines is 4. The van der Waals surface area contributed by atoms with Gasteiger partial charge in [0.15, 0.2) is 0 Å². The van der Waals surface area contributed by atoms with E-state index in [1.807, 2.05) is 31.3 Å². The van der Waals surface area contributed by atoms with E-state index in [-0.39, 0.29) is 5.91 Å². The topological polar surface area (TPSA) is 128 Å². The summed E-state index contributed by atoms with van der Waals surface area (Å²) in [5.74, 6) is 1.20. The quantitative estimate of drug-likeness (QED) is 0.199. The first-order valence-corrected chi connectivity index (χ1v) is 13.0. The number of rotatable bonds is 12. The minimum Gasteiger partial charge on any atom is -0.494 e. The molecule has 4 rings (SSSR count). The van der Waals surface area contributed by atoms with Gasteiger partial charge in [0.1, 0.15) is 30.3 Å². The van der Waals surface area contributed by atoms with Crippen molar-refractivity contribution in [1.82, 2.24) is 19.8 Å². The number of benzene rings is 2. The zero-order valence-electron chi connectivity index (χ0n) is 23.2. The monoisotopic (exact) mass is 544 g/mol. The summed E-state index contributed by atoms with van der Waals surface area (Å²) in [7, 11) is 5.52. The molecule has 0 unspecified atom stereocenters. The molecular weight excluding hydrogens is 508 g/mol. The van der Waals surface area contributed by atoms with Crippen molar-refractivity contribution in [3.63, 3.8) is 0 Å². The van der Waals surface area contributed by atoms with Gasteiger partial charge in [-0.05, 0) is 31.3 Å². The SMILES string of the molecule is C=CC(=O)Nc1cc(Nc2cc(-c3ccc(NC)c(C=N)c3)ncn2)c(OC)cc1OCCN1CCN(C)CC1. The molecule has 1 amide bonds. The van der Waals surface area contributed by atoms with E-state index >= 15 is 0 Å². The van der Waals surface area contributed by atoms with E-state index in [1.165, 1.54) is 18.6 Å². The molecule has 0 bridgehead atoms. The molecule has 1 aliphatic rings. The van der Waals surface area contributed by atoms with E-state index < -0.39 is 0 Å². The molecule has 0 radical (unpaired) electrons. The van der Waals surface area contributed by atoms with Crippen LogP contribution in [-0.2, 0) is 4.79 Å². The van der Waals surface area contributed by atoms with E-state index in [0.29, 0.717) is 41.0 Å². The van der Waals surface area contributed by atoms with Crippen LogP contribution in [0.25, 0.3) is 11.3 Å². The lowest BCUT2D eigenvalue weighted by Crippen LogP contribution is -2.45. The van der Waals surface area contributed by atoms with Crippen LogP contribution in [0.5, 0.6) is 11.5 Å². The maximum Gasteiger partial charge on any atom is 0.247 e. The molecule has 0 spiro atoms. The molecule has 2 heterocycles. The Bertz CT molecular complexity index is 1360. The Morgan fingerprint density at radius 2 is 1.88 bits per heavy atom. The molecule has 2 aromatic carbocycles. The summed E-state index contributed by atoms with van der Waals surface area (Å²) in [6.07, 6.45) is 3.98. The second-order valence-electron chi connectivity index (χ2n) is 9.35. The summed E-state index contributed by atoms with van der Waals surface area (Å²) < 4.78 is 11.8. The number of carbonyl (C=O) groups is 1. The Hall–Kier alpha value is -4.48. The van der Waals surface area contributed by atoms with Crippen LogP contribution < -0.4 is 25.4 Å². The van der Waals surface area contributed by atoms with Gasteiger partial charge in [-0.25, -0.2) is 9.97 Å². The van der Waals surface area contributed by atoms with E-state index in [9.17, 15) is 4.79 Å². The molecule has 1 fully saturated rings. The number of amides is 1. The molecule has 3 aromatic rings. The number of nitrogens with one attached hydrogen (secondary N) is 4. The first-order valence-electron chi connectivity index (χ1n) is 13.0. The van der Waals surface area contributed by atoms with Crippen LogP contribution in [0.15, 0.2) is 55.4 Å². The van der Waals surface area contributed by atoms with Crippen molar-refractivity contribution in [3.05, 3.63) is 60.9 Å². The summed E-state index contributed by atoms with van der Waals surface area (Å²) in [6, 6.07) is 11.0. The fraction of sp³-hybridized carbons (Fsp3) is 0.310. The van der Waals surface area contributed by atoms with Gasteiger partial charge >= 0.3 is 0 Å². The van der Waals surface area contributed by atoms with Crippen molar-refractivity contribution in [2.45, 2.75) is 0 Å². The highest BCUT2D eigenvalue weighted by atomic mass is 16.5. The van der Waals surface area contributed by atoms with Crippen molar-refractivity contribution >= 4 is 35.0 Å². The van der Waals surface area contributed by atoms with Crippen molar-refractivity contribution in [2.24, 2.45) is 0 Å². The normalized spacial score (nSPS) is 13.8. The van der Waals surface area contributed by atoms with Gasteiger partial charge in [0, 0.05) is 74.9 Å². The van der Waals surface area contributed by atoms with Crippen molar-refractivity contribution < 1.29 is 14.3 Å². The second kappa shape index (κ2) is 13.5. The number of nitrogens with zero attached hydrogens (tertiary/aromatic N) is 4. The number of piperazine rings is 1. The molecule has 40 heavy (non-hydrogen) atoms. The molecule has 1 aliphatic heterocycles. The molecule has 1 aromatic heterocycles. The number of hydrogen-bond donors (Lipinski definition) is 4. The van der Waals surface area contributed by atoms with Crippen LogP contribution in [0, 0.1) is 5.41 Å². The van der Waals surface area contributed by atoms with Gasteiger partial charge in [-0.15, -0.1) is 0 Å². The zero-order chi connectivity index (χ0) is 28.5. The summed E-state index contributed by atoms with van der Waals surface area (Å²) in [6.45, 7) is 8.87. The molecule has 0 saturated carbocycles. The lowest BCUT2D eigenvalue weighted by molar-refractivity contribution is -0.111. The van der Waals surface area contributed by atoms with Crippen LogP contribution in [-0.4, -0.2) is 92.4 Å². The van der Waals surface area contributed by atoms with Crippen molar-refractivity contribution in [1.29, 1.82) is 5.41 Å². The molecule has 11 nitrogen and oxygen atoms in total. The highest BCUT2D eigenvalue weighted by Crippen LogP contribution is 2.38. The Balaban J connectivity index is 1.56. The van der Waals surface area contributed by atoms with E-state index in [1.54, 1.807) is 19.2 Å². The standard InChI is InChI=1S/C29H36N8O3/c1-5-29(38)35-25-15-24(26(39-4)17-27(25)40-13-12-37-10-8-36(3)9-11-37)34-28-16-23(32-19-33-28)20-6-7-22(31-2)21(14-20)18-30/h5-7,14-19,30-31H,1,8-13H2,2-4H3,(H,35,38)(H,32,33,34). The smallest absolute Gasteiger partial charge is 0.247 e. The predicted molar refractivity (Wildman–Crippen MR) is 159 cm³/mol. The van der Waals surface area contributed by atoms with Crippen LogP contribution in [0.4, 0.5) is 22.9 Å². The number of aromatic nitrogens is 2. The molecular formula is C29H36N8O3. The third kappa shape index (κ3) is 7.13. The number of ether oxygens (including phenoxy) is 2. The van der Waals surface area contributed by atoms with Gasteiger partial charge in [-0.1, -0.05) is 12.6 Å². The Kier molecular flexibility index (Phi) is 9.66. The van der Waals surface area contributed by atoms with Gasteiger partial charge in [0.25, 0.3) is 0 Å². The minimum atomic E-state index is -0.351. The highest BCUT2D eigenvalue weighted by Gasteiger charge is 2.17. The average molecular weight is 545 g/mol. The lowest BCUT2D eigenvalue weighted by atomic mass is 10.1. The third-order valence-electron chi connectivity index (χ3n) is 6.71.